The summed E-state index contributed by atoms with van der Waals surface area (Å²) in [6.07, 6.45) is 4.90. The smallest absolute Gasteiger partial charge is 0.251 e. The lowest BCUT2D eigenvalue weighted by Gasteiger charge is -2.21. The molecular weight excluding hydrogens is 324 g/mol. The van der Waals surface area contributed by atoms with Gasteiger partial charge in [-0.2, -0.15) is 5.26 Å². The quantitative estimate of drug-likeness (QED) is 0.892. The van der Waals surface area contributed by atoms with Crippen molar-refractivity contribution in [3.63, 3.8) is 0 Å². The number of rotatable bonds is 4. The zero-order valence-electron chi connectivity index (χ0n) is 12.9. The molecule has 7 heteroatoms. The van der Waals surface area contributed by atoms with Crippen molar-refractivity contribution < 1.29 is 9.53 Å². The van der Waals surface area contributed by atoms with E-state index in [4.69, 9.17) is 10.00 Å². The first-order valence-electron chi connectivity index (χ1n) is 7.92. The molecule has 2 aliphatic heterocycles. The van der Waals surface area contributed by atoms with Gasteiger partial charge in [-0.15, -0.1) is 0 Å². The molecule has 6 nitrogen and oxygen atoms in total. The first-order valence-corrected chi connectivity index (χ1v) is 8.73. The Balaban J connectivity index is 1.38. The van der Waals surface area contributed by atoms with Gasteiger partial charge < -0.3 is 15.4 Å². The van der Waals surface area contributed by atoms with Gasteiger partial charge in [-0.25, -0.2) is 4.98 Å². The van der Waals surface area contributed by atoms with Gasteiger partial charge in [0.1, 0.15) is 11.8 Å². The Kier molecular flexibility index (Phi) is 3.92. The van der Waals surface area contributed by atoms with Crippen LogP contribution in [0.25, 0.3) is 0 Å². The average Bonchev–Trinajstić information content (AvgIpc) is 3.32. The highest BCUT2D eigenvalue weighted by molar-refractivity contribution is 7.13. The molecule has 1 aromatic carbocycles. The molecule has 2 bridgehead atoms. The molecule has 3 atom stereocenters. The maximum absolute atomic E-state index is 12.4. The van der Waals surface area contributed by atoms with Crippen molar-refractivity contribution in [1.29, 1.82) is 5.26 Å². The zero-order valence-corrected chi connectivity index (χ0v) is 13.7. The summed E-state index contributed by atoms with van der Waals surface area (Å²) in [6, 6.07) is 10.2. The summed E-state index contributed by atoms with van der Waals surface area (Å²) in [5.41, 5.74) is 0.618. The molecule has 122 valence electrons. The fraction of sp³-hybridized carbons (Fsp3) is 0.353. The molecule has 0 aliphatic carbocycles. The summed E-state index contributed by atoms with van der Waals surface area (Å²) >= 11 is 1.19. The summed E-state index contributed by atoms with van der Waals surface area (Å²) in [5.74, 6) is 0.562. The molecule has 2 aromatic rings. The minimum atomic E-state index is -0.0505. The summed E-state index contributed by atoms with van der Waals surface area (Å²) in [7, 11) is 0. The Morgan fingerprint density at radius 1 is 1.38 bits per heavy atom. The van der Waals surface area contributed by atoms with E-state index in [1.165, 1.54) is 24.0 Å². The number of amides is 1. The van der Waals surface area contributed by atoms with Crippen molar-refractivity contribution in [2.45, 2.75) is 37.4 Å². The third kappa shape index (κ3) is 2.98. The molecular formula is C17H16N4O2S. The number of hydrogen-bond donors (Lipinski definition) is 2. The number of aromatic nitrogens is 1. The average molecular weight is 340 g/mol. The SMILES string of the molecule is N#Cc1ncc(Oc2ccc(C(=O)N[C@@H]3C[C@H]4CC[C@@H]3N4)cc2)s1. The molecule has 3 heterocycles. The Morgan fingerprint density at radius 3 is 2.83 bits per heavy atom. The van der Waals surface area contributed by atoms with Crippen LogP contribution in [0.4, 0.5) is 0 Å². The van der Waals surface area contributed by atoms with E-state index in [-0.39, 0.29) is 11.9 Å². The van der Waals surface area contributed by atoms with E-state index in [1.54, 1.807) is 24.3 Å². The van der Waals surface area contributed by atoms with Crippen molar-refractivity contribution in [3.05, 3.63) is 41.0 Å². The van der Waals surface area contributed by atoms with Crippen LogP contribution in [0.1, 0.15) is 34.6 Å². The van der Waals surface area contributed by atoms with Gasteiger partial charge in [0.2, 0.25) is 5.06 Å². The molecule has 2 saturated heterocycles. The molecule has 2 aliphatic rings. The fourth-order valence-electron chi connectivity index (χ4n) is 3.38. The third-order valence-corrected chi connectivity index (χ3v) is 5.31. The second-order valence-corrected chi connectivity index (χ2v) is 7.08. The first-order chi connectivity index (χ1) is 11.7. The van der Waals surface area contributed by atoms with E-state index in [0.29, 0.717) is 33.5 Å². The van der Waals surface area contributed by atoms with Crippen LogP contribution < -0.4 is 15.4 Å². The normalized spacial score (nSPS) is 24.5. The zero-order chi connectivity index (χ0) is 16.5. The van der Waals surface area contributed by atoms with E-state index in [9.17, 15) is 4.79 Å². The number of benzene rings is 1. The molecule has 1 amide bonds. The molecule has 2 fully saturated rings. The number of nitriles is 1. The van der Waals surface area contributed by atoms with Gasteiger partial charge in [0.15, 0.2) is 5.01 Å². The van der Waals surface area contributed by atoms with Gasteiger partial charge >= 0.3 is 0 Å². The van der Waals surface area contributed by atoms with Gasteiger partial charge in [0, 0.05) is 23.7 Å². The maximum Gasteiger partial charge on any atom is 0.251 e. The Morgan fingerprint density at radius 2 is 2.21 bits per heavy atom. The monoisotopic (exact) mass is 340 g/mol. The predicted octanol–water partition coefficient (Wildman–Crippen LogP) is 2.43. The summed E-state index contributed by atoms with van der Waals surface area (Å²) in [6.45, 7) is 0. The summed E-state index contributed by atoms with van der Waals surface area (Å²) < 4.78 is 5.63. The number of carbonyl (C=O) groups is 1. The van der Waals surface area contributed by atoms with Crippen molar-refractivity contribution in [1.82, 2.24) is 15.6 Å². The maximum atomic E-state index is 12.4. The lowest BCUT2D eigenvalue weighted by Crippen LogP contribution is -2.42. The number of nitrogens with zero attached hydrogens (tertiary/aromatic N) is 2. The van der Waals surface area contributed by atoms with E-state index >= 15 is 0 Å². The van der Waals surface area contributed by atoms with Gasteiger partial charge in [-0.3, -0.25) is 4.79 Å². The van der Waals surface area contributed by atoms with Gasteiger partial charge in [-0.05, 0) is 43.5 Å². The minimum Gasteiger partial charge on any atom is -0.445 e. The molecule has 0 radical (unpaired) electrons. The van der Waals surface area contributed by atoms with Crippen LogP contribution in [-0.2, 0) is 0 Å². The largest absolute Gasteiger partial charge is 0.445 e. The number of fused-ring (bicyclic) bond motifs is 2. The highest BCUT2D eigenvalue weighted by Crippen LogP contribution is 2.29. The highest BCUT2D eigenvalue weighted by atomic mass is 32.1. The Labute approximate surface area is 143 Å². The van der Waals surface area contributed by atoms with Crippen LogP contribution in [0.3, 0.4) is 0 Å². The fourth-order valence-corrected chi connectivity index (χ4v) is 3.97. The second-order valence-electron chi connectivity index (χ2n) is 6.09. The van der Waals surface area contributed by atoms with E-state index in [2.05, 4.69) is 15.6 Å². The Hall–Kier alpha value is -2.43. The number of carbonyl (C=O) groups excluding carboxylic acids is 1. The van der Waals surface area contributed by atoms with E-state index in [1.807, 2.05) is 6.07 Å². The molecule has 0 saturated carbocycles. The van der Waals surface area contributed by atoms with E-state index in [0.717, 1.165) is 12.8 Å². The number of ether oxygens (including phenoxy) is 1. The molecule has 2 N–H and O–H groups in total. The lowest BCUT2D eigenvalue weighted by molar-refractivity contribution is 0.0931. The van der Waals surface area contributed by atoms with Gasteiger partial charge in [-0.1, -0.05) is 11.3 Å². The summed E-state index contributed by atoms with van der Waals surface area (Å²) in [5, 5.41) is 16.3. The van der Waals surface area contributed by atoms with Crippen LogP contribution >= 0.6 is 11.3 Å². The second kappa shape index (κ2) is 6.23. The number of hydrogen-bond acceptors (Lipinski definition) is 6. The molecule has 1 aromatic heterocycles. The topological polar surface area (TPSA) is 87.0 Å². The van der Waals surface area contributed by atoms with Crippen molar-refractivity contribution >= 4 is 17.2 Å². The molecule has 4 rings (SSSR count). The van der Waals surface area contributed by atoms with Crippen LogP contribution in [0.15, 0.2) is 30.5 Å². The lowest BCUT2D eigenvalue weighted by atomic mass is 9.95. The standard InChI is InChI=1S/C17H16N4O2S/c18-8-15-19-9-16(24-15)23-12-4-1-10(2-5-12)17(22)21-14-7-11-3-6-13(14)20-11/h1-2,4-5,9,11,13-14,20H,3,6-7H2,(H,21,22)/t11-,13+,14-/m1/s1. The van der Waals surface area contributed by atoms with Crippen molar-refractivity contribution in [3.8, 4) is 16.9 Å². The summed E-state index contributed by atoms with van der Waals surface area (Å²) in [4.78, 5) is 16.3. The van der Waals surface area contributed by atoms with E-state index < -0.39 is 0 Å². The first kappa shape index (κ1) is 15.1. The highest BCUT2D eigenvalue weighted by Gasteiger charge is 2.39. The van der Waals surface area contributed by atoms with Gasteiger partial charge in [0.25, 0.3) is 5.91 Å². The number of thiazole rings is 1. The minimum absolute atomic E-state index is 0.0505. The molecule has 0 unspecified atom stereocenters. The van der Waals surface area contributed by atoms with Crippen molar-refractivity contribution in [2.24, 2.45) is 0 Å². The Bertz CT molecular complexity index is 796. The third-order valence-electron chi connectivity index (χ3n) is 4.53. The number of nitrogens with one attached hydrogen (secondary N) is 2. The van der Waals surface area contributed by atoms with Crippen LogP contribution in [-0.4, -0.2) is 29.0 Å². The predicted molar refractivity (Wildman–Crippen MR) is 89.2 cm³/mol. The van der Waals surface area contributed by atoms with Crippen LogP contribution in [0.5, 0.6) is 10.8 Å². The van der Waals surface area contributed by atoms with Gasteiger partial charge in [0.05, 0.1) is 6.20 Å². The van der Waals surface area contributed by atoms with Crippen LogP contribution in [0, 0.1) is 11.3 Å². The van der Waals surface area contributed by atoms with Crippen molar-refractivity contribution in [2.75, 3.05) is 0 Å². The molecule has 24 heavy (non-hydrogen) atoms. The molecule has 0 spiro atoms. The van der Waals surface area contributed by atoms with Crippen LogP contribution in [0.2, 0.25) is 0 Å².